The number of hydrogen-bond donors (Lipinski definition) is 2. The molecular weight excluding hydrogens is 392 g/mol. The van der Waals surface area contributed by atoms with Crippen LogP contribution >= 0.6 is 15.9 Å². The Hall–Kier alpha value is -2.86. The van der Waals surface area contributed by atoms with Crippen LogP contribution < -0.4 is 11.5 Å². The molecule has 5 nitrogen and oxygen atoms in total. The quantitative estimate of drug-likeness (QED) is 0.481. The number of anilines is 2. The van der Waals surface area contributed by atoms with Crippen LogP contribution in [0.1, 0.15) is 11.3 Å². The van der Waals surface area contributed by atoms with Crippen LogP contribution in [0.25, 0.3) is 33.4 Å². The Balaban J connectivity index is 2.03. The Morgan fingerprint density at radius 2 is 1.81 bits per heavy atom. The Kier molecular flexibility index (Phi) is 3.92. The summed E-state index contributed by atoms with van der Waals surface area (Å²) in [6.07, 6.45) is 3.56. The second-order valence-corrected chi connectivity index (χ2v) is 7.11. The number of nitrogens with two attached hydrogens (primary N) is 2. The van der Waals surface area contributed by atoms with Crippen LogP contribution in [-0.4, -0.2) is 9.97 Å². The monoisotopic (exact) mass is 408 g/mol. The highest BCUT2D eigenvalue weighted by atomic mass is 79.9. The predicted molar refractivity (Wildman–Crippen MR) is 109 cm³/mol. The molecule has 26 heavy (non-hydrogen) atoms. The van der Waals surface area contributed by atoms with E-state index in [-0.39, 0.29) is 5.88 Å². The Labute approximate surface area is 159 Å². The van der Waals surface area contributed by atoms with Crippen molar-refractivity contribution in [1.82, 2.24) is 9.97 Å². The van der Waals surface area contributed by atoms with Gasteiger partial charge in [0.05, 0.1) is 5.39 Å². The molecule has 4 aromatic rings. The summed E-state index contributed by atoms with van der Waals surface area (Å²) in [6, 6.07) is 9.98. The Morgan fingerprint density at radius 1 is 1.00 bits per heavy atom. The highest BCUT2D eigenvalue weighted by molar-refractivity contribution is 9.10. The van der Waals surface area contributed by atoms with Gasteiger partial charge in [-0.2, -0.15) is 0 Å². The number of nitrogen functional groups attached to an aromatic ring is 2. The Morgan fingerprint density at radius 3 is 2.54 bits per heavy atom. The molecule has 0 saturated carbocycles. The molecule has 0 bridgehead atoms. The number of nitrogens with zero attached hydrogens (tertiary/aromatic N) is 2. The molecule has 0 aliphatic carbocycles. The van der Waals surface area contributed by atoms with Crippen molar-refractivity contribution in [2.75, 3.05) is 11.5 Å². The molecule has 3 aromatic heterocycles. The highest BCUT2D eigenvalue weighted by Gasteiger charge is 2.20. The first-order chi connectivity index (χ1) is 12.5. The van der Waals surface area contributed by atoms with Gasteiger partial charge >= 0.3 is 0 Å². The maximum atomic E-state index is 6.25. The summed E-state index contributed by atoms with van der Waals surface area (Å²) in [6.45, 7) is 3.98. The molecule has 1 aromatic carbocycles. The number of fused-ring (bicyclic) bond motifs is 1. The third-order valence-electron chi connectivity index (χ3n) is 4.43. The molecule has 130 valence electrons. The zero-order valence-electron chi connectivity index (χ0n) is 14.4. The minimum absolute atomic E-state index is 0.201. The third-order valence-corrected chi connectivity index (χ3v) is 5.29. The lowest BCUT2D eigenvalue weighted by Crippen LogP contribution is -1.93. The van der Waals surface area contributed by atoms with Gasteiger partial charge in [-0.3, -0.25) is 9.97 Å². The lowest BCUT2D eigenvalue weighted by molar-refractivity contribution is 0.638. The summed E-state index contributed by atoms with van der Waals surface area (Å²) in [5.74, 6) is 0.201. The van der Waals surface area contributed by atoms with Crippen LogP contribution in [-0.2, 0) is 0 Å². The largest absolute Gasteiger partial charge is 0.436 e. The van der Waals surface area contributed by atoms with Crippen LogP contribution in [0.3, 0.4) is 0 Å². The minimum atomic E-state index is 0.201. The lowest BCUT2D eigenvalue weighted by atomic mass is 10.00. The second-order valence-electron chi connectivity index (χ2n) is 6.25. The van der Waals surface area contributed by atoms with Crippen molar-refractivity contribution in [1.29, 1.82) is 0 Å². The molecule has 4 rings (SSSR count). The molecule has 0 amide bonds. The van der Waals surface area contributed by atoms with Crippen molar-refractivity contribution in [3.63, 3.8) is 0 Å². The van der Waals surface area contributed by atoms with Crippen molar-refractivity contribution >= 4 is 38.5 Å². The summed E-state index contributed by atoms with van der Waals surface area (Å²) in [4.78, 5) is 8.89. The van der Waals surface area contributed by atoms with Gasteiger partial charge in [0.25, 0.3) is 0 Å². The van der Waals surface area contributed by atoms with Crippen molar-refractivity contribution in [2.45, 2.75) is 13.8 Å². The van der Waals surface area contributed by atoms with Gasteiger partial charge in [0.15, 0.2) is 5.58 Å². The number of aromatic nitrogens is 2. The third kappa shape index (κ3) is 2.63. The molecule has 0 spiro atoms. The van der Waals surface area contributed by atoms with Crippen molar-refractivity contribution in [3.05, 3.63) is 58.5 Å². The summed E-state index contributed by atoms with van der Waals surface area (Å²) in [5.41, 5.74) is 18.8. The smallest absolute Gasteiger partial charge is 0.215 e. The first kappa shape index (κ1) is 16.6. The van der Waals surface area contributed by atoms with Crippen molar-refractivity contribution in [3.8, 4) is 22.4 Å². The fourth-order valence-corrected chi connectivity index (χ4v) is 3.40. The number of pyridine rings is 2. The van der Waals surface area contributed by atoms with Gasteiger partial charge in [-0.15, -0.1) is 0 Å². The van der Waals surface area contributed by atoms with E-state index >= 15 is 0 Å². The van der Waals surface area contributed by atoms with Crippen LogP contribution in [0.5, 0.6) is 0 Å². The molecule has 0 atom stereocenters. The molecule has 0 radical (unpaired) electrons. The van der Waals surface area contributed by atoms with E-state index < -0.39 is 0 Å². The normalized spacial score (nSPS) is 11.2. The first-order valence-corrected chi connectivity index (χ1v) is 8.91. The van der Waals surface area contributed by atoms with E-state index in [1.54, 1.807) is 6.20 Å². The molecular formula is C20H17BrN4O. The van der Waals surface area contributed by atoms with Gasteiger partial charge in [0.2, 0.25) is 5.88 Å². The van der Waals surface area contributed by atoms with Crippen LogP contribution in [0.4, 0.5) is 11.6 Å². The summed E-state index contributed by atoms with van der Waals surface area (Å²) >= 11 is 3.58. The minimum Gasteiger partial charge on any atom is -0.436 e. The van der Waals surface area contributed by atoms with Crippen LogP contribution in [0.2, 0.25) is 0 Å². The number of furan rings is 1. The number of rotatable bonds is 2. The predicted octanol–water partition coefficient (Wildman–Crippen LogP) is 5.10. The molecule has 0 fully saturated rings. The van der Waals surface area contributed by atoms with Crippen LogP contribution in [0, 0.1) is 13.8 Å². The molecule has 0 aliphatic heterocycles. The second kappa shape index (κ2) is 6.14. The number of aryl methyl sites for hydroxylation is 2. The van der Waals surface area contributed by atoms with Gasteiger partial charge in [-0.05, 0) is 43.2 Å². The zero-order valence-corrected chi connectivity index (χ0v) is 16.0. The van der Waals surface area contributed by atoms with Gasteiger partial charge < -0.3 is 15.9 Å². The fourth-order valence-electron chi connectivity index (χ4n) is 3.03. The molecule has 0 aliphatic rings. The number of hydrogen-bond acceptors (Lipinski definition) is 5. The van der Waals surface area contributed by atoms with Crippen molar-refractivity contribution < 1.29 is 4.42 Å². The highest BCUT2D eigenvalue weighted by Crippen LogP contribution is 2.42. The van der Waals surface area contributed by atoms with Gasteiger partial charge in [-0.25, -0.2) is 0 Å². The van der Waals surface area contributed by atoms with Gasteiger partial charge in [-0.1, -0.05) is 28.1 Å². The maximum Gasteiger partial charge on any atom is 0.215 e. The van der Waals surface area contributed by atoms with E-state index in [4.69, 9.17) is 15.9 Å². The number of benzene rings is 1. The van der Waals surface area contributed by atoms with E-state index in [0.717, 1.165) is 37.8 Å². The summed E-state index contributed by atoms with van der Waals surface area (Å²) in [7, 11) is 0. The van der Waals surface area contributed by atoms with E-state index in [1.807, 2.05) is 50.4 Å². The van der Waals surface area contributed by atoms with Crippen molar-refractivity contribution in [2.24, 2.45) is 0 Å². The molecule has 3 heterocycles. The standard InChI is InChI=1S/C20H17BrN4O/c1-10-3-4-12(8-15(10)21)14-9-25-18(13-5-6-24-11(2)7-13)19-16(14)17(22)20(23)26-19/h3-9H,22-23H2,1-2H3. The van der Waals surface area contributed by atoms with E-state index in [1.165, 1.54) is 0 Å². The summed E-state index contributed by atoms with van der Waals surface area (Å²) < 4.78 is 6.82. The van der Waals surface area contributed by atoms with E-state index in [9.17, 15) is 0 Å². The SMILES string of the molecule is Cc1cc(-c2ncc(-c3ccc(C)c(Br)c3)c3c(N)c(N)oc23)ccn1. The maximum absolute atomic E-state index is 6.25. The average molecular weight is 409 g/mol. The average Bonchev–Trinajstić information content (AvgIpc) is 2.92. The fraction of sp³-hybridized carbons (Fsp3) is 0.100. The van der Waals surface area contributed by atoms with Gasteiger partial charge in [0.1, 0.15) is 11.4 Å². The zero-order chi connectivity index (χ0) is 18.4. The van der Waals surface area contributed by atoms with Crippen LogP contribution in [0.15, 0.2) is 51.6 Å². The molecule has 0 saturated heterocycles. The number of halogens is 1. The molecule has 4 N–H and O–H groups in total. The molecule has 0 unspecified atom stereocenters. The lowest BCUT2D eigenvalue weighted by Gasteiger charge is -2.09. The first-order valence-electron chi connectivity index (χ1n) is 8.11. The van der Waals surface area contributed by atoms with E-state index in [2.05, 4.69) is 25.9 Å². The molecule has 6 heteroatoms. The Bertz CT molecular complexity index is 1150. The van der Waals surface area contributed by atoms with Gasteiger partial charge in [0, 0.05) is 33.7 Å². The topological polar surface area (TPSA) is 91.0 Å². The van der Waals surface area contributed by atoms with E-state index in [0.29, 0.717) is 17.0 Å². The summed E-state index contributed by atoms with van der Waals surface area (Å²) in [5, 5.41) is 0.776.